The Bertz CT molecular complexity index is 491. The first-order valence-electron chi connectivity index (χ1n) is 7.34. The van der Waals surface area contributed by atoms with Crippen LogP contribution in [0.3, 0.4) is 0 Å². The van der Waals surface area contributed by atoms with Gasteiger partial charge in [-0.1, -0.05) is 6.92 Å². The molecule has 2 amide bonds. The molecule has 1 aliphatic carbocycles. The van der Waals surface area contributed by atoms with E-state index in [1.165, 1.54) is 20.0 Å². The Morgan fingerprint density at radius 2 is 1.71 bits per heavy atom. The Kier molecular flexibility index (Phi) is 5.20. The zero-order chi connectivity index (χ0) is 15.2. The average Bonchev–Trinajstić information content (AvgIpc) is 2.49. The summed E-state index contributed by atoms with van der Waals surface area (Å²) in [5.74, 6) is 0.374. The van der Waals surface area contributed by atoms with Crippen molar-refractivity contribution >= 4 is 17.7 Å². The highest BCUT2D eigenvalue weighted by Gasteiger charge is 2.19. The average molecular weight is 290 g/mol. The Balaban J connectivity index is 1.83. The number of hydrogen-bond acceptors (Lipinski definition) is 3. The number of urea groups is 1. The molecule has 0 atom stereocenters. The molecule has 1 aliphatic rings. The molecule has 1 aromatic carbocycles. The normalized spacial score (nSPS) is 21.4. The van der Waals surface area contributed by atoms with Crippen molar-refractivity contribution in [3.05, 3.63) is 29.8 Å². The number of carbonyl (C=O) groups excluding carboxylic acids is 2. The smallest absolute Gasteiger partial charge is 0.337 e. The number of amides is 2. The molecule has 21 heavy (non-hydrogen) atoms. The van der Waals surface area contributed by atoms with Crippen LogP contribution in [0.1, 0.15) is 43.0 Å². The first-order chi connectivity index (χ1) is 10.1. The Hall–Kier alpha value is -2.04. The predicted octanol–water partition coefficient (Wildman–Crippen LogP) is 3.17. The van der Waals surface area contributed by atoms with E-state index in [9.17, 15) is 9.59 Å². The van der Waals surface area contributed by atoms with Crippen molar-refractivity contribution in [3.63, 3.8) is 0 Å². The number of hydrogen-bond donors (Lipinski definition) is 2. The van der Waals surface area contributed by atoms with Gasteiger partial charge in [0.15, 0.2) is 0 Å². The number of rotatable bonds is 3. The summed E-state index contributed by atoms with van der Waals surface area (Å²) < 4.78 is 4.63. The largest absolute Gasteiger partial charge is 0.465 e. The molecule has 0 unspecified atom stereocenters. The van der Waals surface area contributed by atoms with Crippen LogP contribution < -0.4 is 10.6 Å². The number of nitrogens with one attached hydrogen (secondary N) is 2. The van der Waals surface area contributed by atoms with Crippen molar-refractivity contribution in [2.75, 3.05) is 12.4 Å². The van der Waals surface area contributed by atoms with E-state index in [0.29, 0.717) is 11.3 Å². The lowest BCUT2D eigenvalue weighted by Crippen LogP contribution is -2.39. The van der Waals surface area contributed by atoms with Gasteiger partial charge in [0.1, 0.15) is 0 Å². The van der Waals surface area contributed by atoms with Gasteiger partial charge in [-0.3, -0.25) is 0 Å². The first-order valence-corrected chi connectivity index (χ1v) is 7.34. The van der Waals surface area contributed by atoms with Crippen LogP contribution in [0.4, 0.5) is 10.5 Å². The van der Waals surface area contributed by atoms with Gasteiger partial charge in [-0.25, -0.2) is 9.59 Å². The highest BCUT2D eigenvalue weighted by atomic mass is 16.5. The first kappa shape index (κ1) is 15.4. The van der Waals surface area contributed by atoms with Crippen LogP contribution in [0.2, 0.25) is 0 Å². The summed E-state index contributed by atoms with van der Waals surface area (Å²) >= 11 is 0. The van der Waals surface area contributed by atoms with Gasteiger partial charge in [0.25, 0.3) is 0 Å². The molecule has 0 spiro atoms. The van der Waals surface area contributed by atoms with Gasteiger partial charge in [0.2, 0.25) is 0 Å². The molecule has 0 aromatic heterocycles. The van der Waals surface area contributed by atoms with Gasteiger partial charge in [-0.05, 0) is 55.9 Å². The van der Waals surface area contributed by atoms with E-state index in [2.05, 4.69) is 22.3 Å². The zero-order valence-corrected chi connectivity index (χ0v) is 12.5. The van der Waals surface area contributed by atoms with Crippen LogP contribution >= 0.6 is 0 Å². The third-order valence-corrected chi connectivity index (χ3v) is 3.91. The molecule has 2 N–H and O–H groups in total. The maximum Gasteiger partial charge on any atom is 0.337 e. The van der Waals surface area contributed by atoms with Crippen molar-refractivity contribution in [2.24, 2.45) is 5.92 Å². The molecule has 5 nitrogen and oxygen atoms in total. The predicted molar refractivity (Wildman–Crippen MR) is 81.4 cm³/mol. The number of esters is 1. The van der Waals surface area contributed by atoms with Crippen LogP contribution in [0.25, 0.3) is 0 Å². The summed E-state index contributed by atoms with van der Waals surface area (Å²) in [5.41, 5.74) is 1.12. The van der Waals surface area contributed by atoms with E-state index >= 15 is 0 Å². The second kappa shape index (κ2) is 7.11. The lowest BCUT2D eigenvalue weighted by Gasteiger charge is -2.26. The molecule has 114 valence electrons. The van der Waals surface area contributed by atoms with Gasteiger partial charge in [0, 0.05) is 11.7 Å². The SMILES string of the molecule is COC(=O)c1ccc(NC(=O)NC2CCC(C)CC2)cc1. The molecule has 1 aromatic rings. The standard InChI is InChI=1S/C16H22N2O3/c1-11-3-7-13(8-4-11)17-16(20)18-14-9-5-12(6-10-14)15(19)21-2/h5-6,9-11,13H,3-4,7-8H2,1-2H3,(H2,17,18,20). The lowest BCUT2D eigenvalue weighted by atomic mass is 9.87. The van der Waals surface area contributed by atoms with E-state index in [-0.39, 0.29) is 18.0 Å². The van der Waals surface area contributed by atoms with Gasteiger partial charge < -0.3 is 15.4 Å². The fraction of sp³-hybridized carbons (Fsp3) is 0.500. The van der Waals surface area contributed by atoms with Crippen LogP contribution in [0.5, 0.6) is 0 Å². The van der Waals surface area contributed by atoms with E-state index < -0.39 is 0 Å². The van der Waals surface area contributed by atoms with E-state index in [1.54, 1.807) is 24.3 Å². The minimum absolute atomic E-state index is 0.194. The van der Waals surface area contributed by atoms with Gasteiger partial charge >= 0.3 is 12.0 Å². The molecule has 0 bridgehead atoms. The number of carbonyl (C=O) groups is 2. The molecular weight excluding hydrogens is 268 g/mol. The van der Waals surface area contributed by atoms with Crippen LogP contribution in [-0.4, -0.2) is 25.2 Å². The maximum atomic E-state index is 11.9. The van der Waals surface area contributed by atoms with Crippen LogP contribution in [-0.2, 0) is 4.74 Å². The fourth-order valence-electron chi connectivity index (χ4n) is 2.56. The van der Waals surface area contributed by atoms with Crippen molar-refractivity contribution in [3.8, 4) is 0 Å². The second-order valence-electron chi connectivity index (χ2n) is 5.62. The van der Waals surface area contributed by atoms with Gasteiger partial charge in [-0.2, -0.15) is 0 Å². The Morgan fingerprint density at radius 1 is 1.10 bits per heavy atom. The number of methoxy groups -OCH3 is 1. The van der Waals surface area contributed by atoms with Crippen molar-refractivity contribution in [2.45, 2.75) is 38.6 Å². The highest BCUT2D eigenvalue weighted by Crippen LogP contribution is 2.23. The topological polar surface area (TPSA) is 67.4 Å². The van der Waals surface area contributed by atoms with Crippen molar-refractivity contribution in [1.29, 1.82) is 0 Å². The molecule has 2 rings (SSSR count). The Morgan fingerprint density at radius 3 is 2.29 bits per heavy atom. The number of anilines is 1. The summed E-state index contributed by atoms with van der Waals surface area (Å²) in [5, 5.41) is 5.78. The number of benzene rings is 1. The quantitative estimate of drug-likeness (QED) is 0.840. The van der Waals surface area contributed by atoms with E-state index in [4.69, 9.17) is 0 Å². The molecule has 0 radical (unpaired) electrons. The molecule has 0 heterocycles. The van der Waals surface area contributed by atoms with Gasteiger partial charge in [0.05, 0.1) is 12.7 Å². The van der Waals surface area contributed by atoms with E-state index in [1.807, 2.05) is 0 Å². The molecule has 1 fully saturated rings. The van der Waals surface area contributed by atoms with Crippen LogP contribution in [0.15, 0.2) is 24.3 Å². The molecule has 5 heteroatoms. The summed E-state index contributed by atoms with van der Waals surface area (Å²) in [7, 11) is 1.34. The molecule has 1 saturated carbocycles. The van der Waals surface area contributed by atoms with Crippen LogP contribution in [0, 0.1) is 5.92 Å². The third-order valence-electron chi connectivity index (χ3n) is 3.91. The second-order valence-corrected chi connectivity index (χ2v) is 5.62. The number of ether oxygens (including phenoxy) is 1. The van der Waals surface area contributed by atoms with Gasteiger partial charge in [-0.15, -0.1) is 0 Å². The van der Waals surface area contributed by atoms with Crippen molar-refractivity contribution < 1.29 is 14.3 Å². The van der Waals surface area contributed by atoms with Crippen molar-refractivity contribution in [1.82, 2.24) is 5.32 Å². The lowest BCUT2D eigenvalue weighted by molar-refractivity contribution is 0.0601. The monoisotopic (exact) mass is 290 g/mol. The third kappa shape index (κ3) is 4.48. The summed E-state index contributed by atoms with van der Waals surface area (Å²) in [6.45, 7) is 2.25. The summed E-state index contributed by atoms with van der Waals surface area (Å²) in [6, 6.07) is 6.70. The minimum atomic E-state index is -0.387. The molecular formula is C16H22N2O3. The summed E-state index contributed by atoms with van der Waals surface area (Å²) in [4.78, 5) is 23.2. The maximum absolute atomic E-state index is 11.9. The fourth-order valence-corrected chi connectivity index (χ4v) is 2.56. The summed E-state index contributed by atoms with van der Waals surface area (Å²) in [6.07, 6.45) is 4.41. The molecule has 0 saturated heterocycles. The zero-order valence-electron chi connectivity index (χ0n) is 12.5. The highest BCUT2D eigenvalue weighted by molar-refractivity contribution is 5.92. The molecule has 0 aliphatic heterocycles. The van der Waals surface area contributed by atoms with E-state index in [0.717, 1.165) is 18.8 Å². The minimum Gasteiger partial charge on any atom is -0.465 e. The Labute approximate surface area is 125 Å².